The Bertz CT molecular complexity index is 442. The van der Waals surface area contributed by atoms with Crippen molar-refractivity contribution in [3.8, 4) is 0 Å². The fraction of sp³-hybridized carbons (Fsp3) is 0.769. The van der Waals surface area contributed by atoms with Gasteiger partial charge in [0, 0.05) is 6.54 Å². The zero-order valence-electron chi connectivity index (χ0n) is 11.3. The van der Waals surface area contributed by atoms with Gasteiger partial charge in [-0.3, -0.25) is 15.0 Å². The van der Waals surface area contributed by atoms with Gasteiger partial charge in [0.1, 0.15) is 5.51 Å². The number of likely N-dealkylation sites (tertiary alicyclic amines) is 1. The first-order valence-electron chi connectivity index (χ1n) is 7.00. The highest BCUT2D eigenvalue weighted by molar-refractivity contribution is 7.13. The molecule has 3 rings (SSSR count). The first-order chi connectivity index (χ1) is 9.19. The van der Waals surface area contributed by atoms with Crippen LogP contribution in [0.3, 0.4) is 0 Å². The van der Waals surface area contributed by atoms with Crippen LogP contribution < -0.4 is 5.32 Å². The molecule has 1 N–H and O–H groups in total. The molecular weight excluding hydrogens is 260 g/mol. The Balaban J connectivity index is 1.58. The zero-order valence-corrected chi connectivity index (χ0v) is 12.1. The van der Waals surface area contributed by atoms with Crippen LogP contribution in [0.15, 0.2) is 5.51 Å². The number of rotatable bonds is 3. The summed E-state index contributed by atoms with van der Waals surface area (Å²) < 4.78 is 0. The van der Waals surface area contributed by atoms with Crippen LogP contribution in [0.2, 0.25) is 0 Å². The van der Waals surface area contributed by atoms with E-state index in [4.69, 9.17) is 0 Å². The van der Waals surface area contributed by atoms with Crippen molar-refractivity contribution in [3.05, 3.63) is 5.51 Å². The Morgan fingerprint density at radius 2 is 2.26 bits per heavy atom. The lowest BCUT2D eigenvalue weighted by Gasteiger charge is -2.26. The lowest BCUT2D eigenvalue weighted by molar-refractivity contribution is -0.120. The molecule has 1 amide bonds. The van der Waals surface area contributed by atoms with Crippen molar-refractivity contribution in [3.63, 3.8) is 0 Å². The first-order valence-corrected chi connectivity index (χ1v) is 7.88. The van der Waals surface area contributed by atoms with E-state index in [0.29, 0.717) is 10.5 Å². The molecule has 6 heteroatoms. The molecule has 1 aliphatic carbocycles. The maximum atomic E-state index is 12.2. The fourth-order valence-corrected chi connectivity index (χ4v) is 3.88. The van der Waals surface area contributed by atoms with Gasteiger partial charge < -0.3 is 0 Å². The third kappa shape index (κ3) is 2.65. The number of carbonyl (C=O) groups excluding carboxylic acids is 1. The molecule has 0 aromatic carbocycles. The minimum absolute atomic E-state index is 0.0341. The summed E-state index contributed by atoms with van der Waals surface area (Å²) in [6.07, 6.45) is 6.66. The molecule has 2 heterocycles. The molecule has 1 aromatic rings. The average molecular weight is 280 g/mol. The van der Waals surface area contributed by atoms with Crippen LogP contribution in [0, 0.1) is 5.41 Å². The molecule has 1 saturated carbocycles. The Morgan fingerprint density at radius 1 is 1.47 bits per heavy atom. The van der Waals surface area contributed by atoms with Gasteiger partial charge in [-0.05, 0) is 38.1 Å². The quantitative estimate of drug-likeness (QED) is 0.921. The summed E-state index contributed by atoms with van der Waals surface area (Å²) in [6.45, 7) is 4.12. The molecule has 2 aliphatic rings. The third-order valence-electron chi connectivity index (χ3n) is 4.65. The van der Waals surface area contributed by atoms with Gasteiger partial charge in [-0.15, -0.1) is 10.2 Å². The van der Waals surface area contributed by atoms with E-state index in [1.54, 1.807) is 5.51 Å². The number of nitrogens with one attached hydrogen (secondary N) is 1. The summed E-state index contributed by atoms with van der Waals surface area (Å²) in [6, 6.07) is -0.0797. The summed E-state index contributed by atoms with van der Waals surface area (Å²) in [4.78, 5) is 14.5. The van der Waals surface area contributed by atoms with E-state index in [0.717, 1.165) is 13.1 Å². The largest absolute Gasteiger partial charge is 0.299 e. The Labute approximate surface area is 117 Å². The Morgan fingerprint density at radius 3 is 2.95 bits per heavy atom. The van der Waals surface area contributed by atoms with Crippen molar-refractivity contribution in [2.75, 3.05) is 18.4 Å². The predicted molar refractivity (Wildman–Crippen MR) is 75.1 cm³/mol. The Kier molecular flexibility index (Phi) is 3.54. The lowest BCUT2D eigenvalue weighted by Crippen LogP contribution is -2.41. The fourth-order valence-electron chi connectivity index (χ4n) is 3.44. The van der Waals surface area contributed by atoms with Crippen LogP contribution in [0.1, 0.15) is 39.0 Å². The first kappa shape index (κ1) is 13.0. The van der Waals surface area contributed by atoms with Gasteiger partial charge in [0.05, 0.1) is 6.04 Å². The maximum Gasteiger partial charge on any atom is 0.243 e. The van der Waals surface area contributed by atoms with Gasteiger partial charge in [-0.1, -0.05) is 24.2 Å². The molecule has 104 valence electrons. The number of amides is 1. The maximum absolute atomic E-state index is 12.2. The molecule has 1 aliphatic heterocycles. The number of hydrogen-bond donors (Lipinski definition) is 1. The smallest absolute Gasteiger partial charge is 0.243 e. The second-order valence-corrected chi connectivity index (χ2v) is 6.67. The molecule has 5 nitrogen and oxygen atoms in total. The van der Waals surface area contributed by atoms with Crippen molar-refractivity contribution in [2.24, 2.45) is 5.41 Å². The predicted octanol–water partition coefficient (Wildman–Crippen LogP) is 2.13. The highest BCUT2D eigenvalue weighted by Crippen LogP contribution is 2.45. The second-order valence-electron chi connectivity index (χ2n) is 5.84. The number of anilines is 1. The number of hydrogen-bond acceptors (Lipinski definition) is 5. The minimum atomic E-state index is -0.0797. The molecule has 1 unspecified atom stereocenters. The molecule has 1 aromatic heterocycles. The molecule has 0 bridgehead atoms. The summed E-state index contributed by atoms with van der Waals surface area (Å²) in [7, 11) is 0. The normalized spacial score (nSPS) is 23.8. The van der Waals surface area contributed by atoms with E-state index in [1.807, 2.05) is 6.92 Å². The van der Waals surface area contributed by atoms with Crippen LogP contribution in [0.25, 0.3) is 0 Å². The summed E-state index contributed by atoms with van der Waals surface area (Å²) in [5.41, 5.74) is 2.14. The molecule has 19 heavy (non-hydrogen) atoms. The van der Waals surface area contributed by atoms with Crippen LogP contribution in [-0.4, -0.2) is 40.1 Å². The van der Waals surface area contributed by atoms with Crippen LogP contribution in [0.5, 0.6) is 0 Å². The van der Waals surface area contributed by atoms with Gasteiger partial charge in [0.2, 0.25) is 11.0 Å². The highest BCUT2D eigenvalue weighted by Gasteiger charge is 2.42. The SMILES string of the molecule is CC(C(=O)Nc1nncs1)N1CCC2(CCCC2)C1. The zero-order chi connectivity index (χ0) is 13.3. The van der Waals surface area contributed by atoms with Crippen LogP contribution >= 0.6 is 11.3 Å². The highest BCUT2D eigenvalue weighted by atomic mass is 32.1. The monoisotopic (exact) mass is 280 g/mol. The molecular formula is C13H20N4OS. The number of aromatic nitrogens is 2. The Hall–Kier alpha value is -1.01. The van der Waals surface area contributed by atoms with Gasteiger partial charge in [0.15, 0.2) is 0 Å². The lowest BCUT2D eigenvalue weighted by atomic mass is 9.86. The van der Waals surface area contributed by atoms with Gasteiger partial charge in [0.25, 0.3) is 0 Å². The molecule has 1 saturated heterocycles. The summed E-state index contributed by atoms with van der Waals surface area (Å²) in [5.74, 6) is 0.0341. The van der Waals surface area contributed by atoms with Gasteiger partial charge in [-0.25, -0.2) is 0 Å². The average Bonchev–Trinajstić information content (AvgIpc) is 3.13. The van der Waals surface area contributed by atoms with Crippen LogP contribution in [0.4, 0.5) is 5.13 Å². The number of nitrogens with zero attached hydrogens (tertiary/aromatic N) is 3. The van der Waals surface area contributed by atoms with E-state index < -0.39 is 0 Å². The molecule has 0 radical (unpaired) electrons. The van der Waals surface area contributed by atoms with E-state index >= 15 is 0 Å². The van der Waals surface area contributed by atoms with E-state index in [1.165, 1.54) is 43.4 Å². The van der Waals surface area contributed by atoms with Crippen molar-refractivity contribution in [2.45, 2.75) is 45.1 Å². The topological polar surface area (TPSA) is 58.1 Å². The standard InChI is InChI=1S/C13H20N4OS/c1-10(11(18)15-12-16-14-9-19-12)17-7-6-13(8-17)4-2-3-5-13/h9-10H,2-8H2,1H3,(H,15,16,18). The van der Waals surface area contributed by atoms with E-state index in [9.17, 15) is 4.79 Å². The van der Waals surface area contributed by atoms with Crippen molar-refractivity contribution < 1.29 is 4.79 Å². The van der Waals surface area contributed by atoms with E-state index in [2.05, 4.69) is 20.4 Å². The summed E-state index contributed by atoms with van der Waals surface area (Å²) in [5, 5.41) is 11.0. The minimum Gasteiger partial charge on any atom is -0.299 e. The molecule has 1 atom stereocenters. The second kappa shape index (κ2) is 5.17. The van der Waals surface area contributed by atoms with Crippen molar-refractivity contribution in [1.29, 1.82) is 0 Å². The number of carbonyl (C=O) groups is 1. The van der Waals surface area contributed by atoms with Crippen molar-refractivity contribution in [1.82, 2.24) is 15.1 Å². The summed E-state index contributed by atoms with van der Waals surface area (Å²) >= 11 is 1.36. The van der Waals surface area contributed by atoms with Crippen LogP contribution in [-0.2, 0) is 4.79 Å². The van der Waals surface area contributed by atoms with Gasteiger partial charge in [-0.2, -0.15) is 0 Å². The van der Waals surface area contributed by atoms with Crippen molar-refractivity contribution >= 4 is 22.4 Å². The third-order valence-corrected chi connectivity index (χ3v) is 5.26. The van der Waals surface area contributed by atoms with Gasteiger partial charge >= 0.3 is 0 Å². The van der Waals surface area contributed by atoms with E-state index in [-0.39, 0.29) is 11.9 Å². The molecule has 1 spiro atoms. The molecule has 2 fully saturated rings.